The van der Waals surface area contributed by atoms with Gasteiger partial charge in [-0.15, -0.1) is 0 Å². The number of halogens is 2. The van der Waals surface area contributed by atoms with Crippen LogP contribution in [-0.2, 0) is 0 Å². The Morgan fingerprint density at radius 2 is 2.21 bits per heavy atom. The van der Waals surface area contributed by atoms with E-state index in [0.29, 0.717) is 15.1 Å². The van der Waals surface area contributed by atoms with Gasteiger partial charge >= 0.3 is 0 Å². The van der Waals surface area contributed by atoms with Gasteiger partial charge in [0.1, 0.15) is 4.60 Å². The van der Waals surface area contributed by atoms with Crippen molar-refractivity contribution in [2.24, 2.45) is 5.92 Å². The Kier molecular flexibility index (Phi) is 2.79. The second-order valence-corrected chi connectivity index (χ2v) is 5.21. The van der Waals surface area contributed by atoms with E-state index in [-0.39, 0.29) is 11.6 Å². The number of nitrogens with zero attached hydrogens (tertiary/aromatic N) is 2. The van der Waals surface area contributed by atoms with Gasteiger partial charge < -0.3 is 4.57 Å². The lowest BCUT2D eigenvalue weighted by atomic mass is 10.2. The van der Waals surface area contributed by atoms with Gasteiger partial charge in [-0.2, -0.15) is 0 Å². The predicted molar refractivity (Wildman–Crippen MR) is 61.3 cm³/mol. The summed E-state index contributed by atoms with van der Waals surface area (Å²) in [7, 11) is 0. The van der Waals surface area contributed by atoms with Crippen molar-refractivity contribution in [1.29, 1.82) is 0 Å². The maximum absolute atomic E-state index is 11.7. The van der Waals surface area contributed by atoms with Crippen molar-refractivity contribution >= 4 is 31.9 Å². The summed E-state index contributed by atoms with van der Waals surface area (Å²) in [5.41, 5.74) is -0.0485. The van der Waals surface area contributed by atoms with Crippen LogP contribution in [0.2, 0.25) is 0 Å². The van der Waals surface area contributed by atoms with Gasteiger partial charge in [-0.1, -0.05) is 0 Å². The highest BCUT2D eigenvalue weighted by molar-refractivity contribution is 9.11. The Labute approximate surface area is 98.8 Å². The molecule has 1 aromatic rings. The highest BCUT2D eigenvalue weighted by atomic mass is 79.9. The summed E-state index contributed by atoms with van der Waals surface area (Å²) in [5.74, 6) is 0.661. The molecule has 1 aliphatic carbocycles. The molecule has 1 fully saturated rings. The van der Waals surface area contributed by atoms with E-state index in [4.69, 9.17) is 0 Å². The summed E-state index contributed by atoms with van der Waals surface area (Å²) >= 11 is 6.44. The predicted octanol–water partition coefficient (Wildman–Crippen LogP) is 2.74. The monoisotopic (exact) mass is 320 g/mol. The van der Waals surface area contributed by atoms with E-state index in [1.807, 2.05) is 0 Å². The van der Waals surface area contributed by atoms with Gasteiger partial charge in [-0.05, 0) is 57.5 Å². The van der Waals surface area contributed by atoms with Crippen LogP contribution in [0.1, 0.15) is 25.8 Å². The molecule has 1 saturated carbocycles. The molecule has 1 aromatic heterocycles. The van der Waals surface area contributed by atoms with E-state index in [1.54, 1.807) is 10.8 Å². The summed E-state index contributed by atoms with van der Waals surface area (Å²) in [6, 6.07) is 0.276. The van der Waals surface area contributed by atoms with Crippen LogP contribution in [0, 0.1) is 5.92 Å². The quantitative estimate of drug-likeness (QED) is 0.839. The molecule has 0 radical (unpaired) electrons. The van der Waals surface area contributed by atoms with Gasteiger partial charge in [0.2, 0.25) is 0 Å². The molecule has 3 nitrogen and oxygen atoms in total. The van der Waals surface area contributed by atoms with Gasteiger partial charge in [-0.25, -0.2) is 4.98 Å². The van der Waals surface area contributed by atoms with Crippen LogP contribution < -0.4 is 5.56 Å². The first-order valence-corrected chi connectivity index (χ1v) is 6.12. The Balaban J connectivity index is 2.45. The standard InChI is InChI=1S/C9H10Br2N2O/c1-5(6-2-3-6)13-4-7(10)12-8(11)9(13)14/h4-6H,2-3H2,1H3. The normalized spacial score (nSPS) is 18.2. The molecule has 76 valence electrons. The maximum atomic E-state index is 11.7. The van der Waals surface area contributed by atoms with Gasteiger partial charge in [0.05, 0.1) is 0 Å². The first kappa shape index (κ1) is 10.4. The SMILES string of the molecule is CC(C1CC1)n1cc(Br)nc(Br)c1=O. The number of hydrogen-bond donors (Lipinski definition) is 0. The second kappa shape index (κ2) is 3.77. The number of rotatable bonds is 2. The molecule has 5 heteroatoms. The molecule has 1 aliphatic rings. The molecular formula is C9H10Br2N2O. The number of hydrogen-bond acceptors (Lipinski definition) is 2. The minimum atomic E-state index is -0.0485. The Morgan fingerprint density at radius 1 is 1.57 bits per heavy atom. The van der Waals surface area contributed by atoms with E-state index in [2.05, 4.69) is 43.8 Å². The van der Waals surface area contributed by atoms with Crippen molar-refractivity contribution in [3.63, 3.8) is 0 Å². The molecule has 1 unspecified atom stereocenters. The average molecular weight is 322 g/mol. The van der Waals surface area contributed by atoms with Crippen LogP contribution in [0.4, 0.5) is 0 Å². The molecule has 0 aromatic carbocycles. The van der Waals surface area contributed by atoms with Crippen LogP contribution in [0.15, 0.2) is 20.2 Å². The zero-order valence-electron chi connectivity index (χ0n) is 7.70. The third-order valence-corrected chi connectivity index (χ3v) is 3.50. The summed E-state index contributed by atoms with van der Waals surface area (Å²) in [6.45, 7) is 2.08. The van der Waals surface area contributed by atoms with E-state index < -0.39 is 0 Å². The summed E-state index contributed by atoms with van der Waals surface area (Å²) in [5, 5.41) is 0. The lowest BCUT2D eigenvalue weighted by Gasteiger charge is -2.14. The van der Waals surface area contributed by atoms with Crippen molar-refractivity contribution in [3.8, 4) is 0 Å². The molecule has 0 bridgehead atoms. The fourth-order valence-corrected chi connectivity index (χ4v) is 2.59. The minimum Gasteiger partial charge on any atom is -0.307 e. The van der Waals surface area contributed by atoms with Crippen molar-refractivity contribution < 1.29 is 0 Å². The highest BCUT2D eigenvalue weighted by Crippen LogP contribution is 2.38. The van der Waals surface area contributed by atoms with E-state index in [9.17, 15) is 4.79 Å². The van der Waals surface area contributed by atoms with E-state index in [1.165, 1.54) is 12.8 Å². The van der Waals surface area contributed by atoms with Gasteiger partial charge in [0.15, 0.2) is 4.60 Å². The topological polar surface area (TPSA) is 34.9 Å². The Hall–Kier alpha value is -0.160. The summed E-state index contributed by atoms with van der Waals surface area (Å²) < 4.78 is 2.81. The Morgan fingerprint density at radius 3 is 2.79 bits per heavy atom. The third kappa shape index (κ3) is 1.93. The minimum absolute atomic E-state index is 0.0485. The molecule has 0 spiro atoms. The Bertz CT molecular complexity index is 412. The largest absolute Gasteiger partial charge is 0.307 e. The van der Waals surface area contributed by atoms with Gasteiger partial charge in [-0.3, -0.25) is 4.79 Å². The fourth-order valence-electron chi connectivity index (χ4n) is 1.56. The van der Waals surface area contributed by atoms with Gasteiger partial charge in [0, 0.05) is 12.2 Å². The van der Waals surface area contributed by atoms with Crippen LogP contribution in [0.3, 0.4) is 0 Å². The molecule has 14 heavy (non-hydrogen) atoms. The zero-order chi connectivity index (χ0) is 10.3. The molecular weight excluding hydrogens is 312 g/mol. The lowest BCUT2D eigenvalue weighted by Crippen LogP contribution is -2.25. The molecule has 0 aliphatic heterocycles. The average Bonchev–Trinajstić information content (AvgIpc) is 2.93. The molecule has 0 N–H and O–H groups in total. The van der Waals surface area contributed by atoms with E-state index >= 15 is 0 Å². The first-order chi connectivity index (χ1) is 6.59. The summed E-state index contributed by atoms with van der Waals surface area (Å²) in [4.78, 5) is 15.7. The lowest BCUT2D eigenvalue weighted by molar-refractivity contribution is 0.466. The van der Waals surface area contributed by atoms with Crippen LogP contribution in [0.25, 0.3) is 0 Å². The molecule has 1 atom stereocenters. The van der Waals surface area contributed by atoms with Crippen molar-refractivity contribution in [3.05, 3.63) is 25.8 Å². The molecule has 2 rings (SSSR count). The van der Waals surface area contributed by atoms with Crippen LogP contribution >= 0.6 is 31.9 Å². The third-order valence-electron chi connectivity index (χ3n) is 2.60. The van der Waals surface area contributed by atoms with E-state index in [0.717, 1.165) is 0 Å². The zero-order valence-corrected chi connectivity index (χ0v) is 10.9. The fraction of sp³-hybridized carbons (Fsp3) is 0.556. The molecule has 1 heterocycles. The molecule has 0 amide bonds. The van der Waals surface area contributed by atoms with Crippen LogP contribution in [-0.4, -0.2) is 9.55 Å². The van der Waals surface area contributed by atoms with Crippen molar-refractivity contribution in [1.82, 2.24) is 9.55 Å². The first-order valence-electron chi connectivity index (χ1n) is 4.54. The van der Waals surface area contributed by atoms with Crippen molar-refractivity contribution in [2.45, 2.75) is 25.8 Å². The van der Waals surface area contributed by atoms with Gasteiger partial charge in [0.25, 0.3) is 5.56 Å². The number of aromatic nitrogens is 2. The maximum Gasteiger partial charge on any atom is 0.283 e. The second-order valence-electron chi connectivity index (χ2n) is 3.64. The molecule has 0 saturated heterocycles. The highest BCUT2D eigenvalue weighted by Gasteiger charge is 2.30. The summed E-state index contributed by atoms with van der Waals surface area (Å²) in [6.07, 6.45) is 4.21. The van der Waals surface area contributed by atoms with Crippen LogP contribution in [0.5, 0.6) is 0 Å². The van der Waals surface area contributed by atoms with Crippen molar-refractivity contribution in [2.75, 3.05) is 0 Å². The smallest absolute Gasteiger partial charge is 0.283 e.